The van der Waals surface area contributed by atoms with Crippen LogP contribution in [0.3, 0.4) is 0 Å². The molecule has 0 aromatic heterocycles. The minimum Gasteiger partial charge on any atom is -0.466 e. The van der Waals surface area contributed by atoms with Crippen molar-refractivity contribution in [2.75, 3.05) is 6.61 Å². The van der Waals surface area contributed by atoms with Crippen molar-refractivity contribution < 1.29 is 9.53 Å². The van der Waals surface area contributed by atoms with E-state index in [0.29, 0.717) is 6.61 Å². The van der Waals surface area contributed by atoms with Crippen LogP contribution in [0.25, 0.3) is 0 Å². The van der Waals surface area contributed by atoms with Crippen molar-refractivity contribution >= 4 is 17.6 Å². The van der Waals surface area contributed by atoms with Gasteiger partial charge in [0, 0.05) is 5.03 Å². The number of hydrogen-bond donors (Lipinski definition) is 0. The lowest BCUT2D eigenvalue weighted by Gasteiger charge is -2.17. The summed E-state index contributed by atoms with van der Waals surface area (Å²) in [4.78, 5) is 11.2. The highest BCUT2D eigenvalue weighted by Crippen LogP contribution is 2.26. The Morgan fingerprint density at radius 1 is 1.83 bits per heavy atom. The summed E-state index contributed by atoms with van der Waals surface area (Å²) < 4.78 is 4.91. The quantitative estimate of drug-likeness (QED) is 0.623. The minimum absolute atomic E-state index is 0.0347. The molecule has 0 aliphatic heterocycles. The third-order valence-electron chi connectivity index (χ3n) is 1.98. The van der Waals surface area contributed by atoms with E-state index in [9.17, 15) is 4.79 Å². The molecule has 0 aromatic carbocycles. The summed E-state index contributed by atoms with van der Waals surface area (Å²) in [5.74, 6) is -0.0506. The van der Waals surface area contributed by atoms with Gasteiger partial charge in [0.1, 0.15) is 0 Å². The standard InChI is InChI=1S/C9H13ClO2/c1-2-12-9(11)7-3-5-8(10)6-4-7/h5,7H,2-4,6H2,1H3. The van der Waals surface area contributed by atoms with Gasteiger partial charge >= 0.3 is 5.97 Å². The van der Waals surface area contributed by atoms with Gasteiger partial charge in [-0.15, -0.1) is 0 Å². The molecule has 0 radical (unpaired) electrons. The van der Waals surface area contributed by atoms with Crippen molar-refractivity contribution in [1.82, 2.24) is 0 Å². The average molecular weight is 189 g/mol. The van der Waals surface area contributed by atoms with Gasteiger partial charge < -0.3 is 4.74 Å². The summed E-state index contributed by atoms with van der Waals surface area (Å²) >= 11 is 5.77. The van der Waals surface area contributed by atoms with Crippen molar-refractivity contribution in [1.29, 1.82) is 0 Å². The van der Waals surface area contributed by atoms with Gasteiger partial charge in [-0.2, -0.15) is 0 Å². The van der Waals surface area contributed by atoms with E-state index < -0.39 is 0 Å². The van der Waals surface area contributed by atoms with E-state index in [2.05, 4.69) is 0 Å². The average Bonchev–Trinajstić information content (AvgIpc) is 2.06. The highest BCUT2D eigenvalue weighted by atomic mass is 35.5. The van der Waals surface area contributed by atoms with Crippen molar-refractivity contribution in [2.45, 2.75) is 26.2 Å². The third-order valence-corrected chi connectivity index (χ3v) is 2.32. The van der Waals surface area contributed by atoms with E-state index >= 15 is 0 Å². The van der Waals surface area contributed by atoms with Crippen LogP contribution in [-0.4, -0.2) is 12.6 Å². The zero-order valence-electron chi connectivity index (χ0n) is 7.18. The Morgan fingerprint density at radius 2 is 2.58 bits per heavy atom. The number of esters is 1. The van der Waals surface area contributed by atoms with Crippen LogP contribution < -0.4 is 0 Å². The Kier molecular flexibility index (Phi) is 3.60. The first-order chi connectivity index (χ1) is 5.74. The SMILES string of the molecule is CCOC(=O)C1CC=C(Cl)CC1. The van der Waals surface area contributed by atoms with Crippen molar-refractivity contribution in [3.05, 3.63) is 11.1 Å². The molecule has 2 nitrogen and oxygen atoms in total. The van der Waals surface area contributed by atoms with E-state index in [0.717, 1.165) is 24.3 Å². The topological polar surface area (TPSA) is 26.3 Å². The molecule has 12 heavy (non-hydrogen) atoms. The summed E-state index contributed by atoms with van der Waals surface area (Å²) in [5.41, 5.74) is 0. The number of rotatable bonds is 2. The molecule has 0 fully saturated rings. The normalized spacial score (nSPS) is 23.2. The van der Waals surface area contributed by atoms with Crippen LogP contribution in [0, 0.1) is 5.92 Å². The molecule has 0 heterocycles. The Morgan fingerprint density at radius 3 is 3.08 bits per heavy atom. The van der Waals surface area contributed by atoms with Crippen LogP contribution in [0.5, 0.6) is 0 Å². The number of carbonyl (C=O) groups excluding carboxylic acids is 1. The van der Waals surface area contributed by atoms with Crippen molar-refractivity contribution in [3.8, 4) is 0 Å². The molecule has 0 N–H and O–H groups in total. The molecule has 3 heteroatoms. The highest BCUT2D eigenvalue weighted by Gasteiger charge is 2.21. The summed E-state index contributed by atoms with van der Waals surface area (Å²) in [5, 5.41) is 0.871. The van der Waals surface area contributed by atoms with E-state index in [1.165, 1.54) is 0 Å². The Balaban J connectivity index is 2.40. The number of allylic oxidation sites excluding steroid dienone is 2. The molecule has 0 aromatic rings. The predicted octanol–water partition coefficient (Wildman–Crippen LogP) is 2.47. The smallest absolute Gasteiger partial charge is 0.309 e. The fourth-order valence-electron chi connectivity index (χ4n) is 1.28. The highest BCUT2D eigenvalue weighted by molar-refractivity contribution is 6.29. The first kappa shape index (κ1) is 9.59. The Bertz CT molecular complexity index is 199. The summed E-state index contributed by atoms with van der Waals surface area (Å²) in [6, 6.07) is 0. The van der Waals surface area contributed by atoms with Crippen LogP contribution in [-0.2, 0) is 9.53 Å². The fraction of sp³-hybridized carbons (Fsp3) is 0.667. The van der Waals surface area contributed by atoms with Crippen LogP contribution >= 0.6 is 11.6 Å². The molecule has 68 valence electrons. The molecule has 1 aliphatic carbocycles. The Hall–Kier alpha value is -0.500. The summed E-state index contributed by atoms with van der Waals surface area (Å²) in [7, 11) is 0. The molecule has 1 unspecified atom stereocenters. The van der Waals surface area contributed by atoms with E-state index in [1.54, 1.807) is 0 Å². The molecule has 0 saturated carbocycles. The van der Waals surface area contributed by atoms with Gasteiger partial charge in [-0.1, -0.05) is 17.7 Å². The lowest BCUT2D eigenvalue weighted by Crippen LogP contribution is -2.19. The van der Waals surface area contributed by atoms with Gasteiger partial charge in [-0.25, -0.2) is 0 Å². The van der Waals surface area contributed by atoms with E-state index in [4.69, 9.17) is 16.3 Å². The largest absolute Gasteiger partial charge is 0.466 e. The number of ether oxygens (including phenoxy) is 1. The number of halogens is 1. The third kappa shape index (κ3) is 2.52. The molecular weight excluding hydrogens is 176 g/mol. The van der Waals surface area contributed by atoms with Gasteiger partial charge in [-0.05, 0) is 26.2 Å². The lowest BCUT2D eigenvalue weighted by atomic mass is 9.94. The molecule has 1 rings (SSSR count). The van der Waals surface area contributed by atoms with E-state index in [-0.39, 0.29) is 11.9 Å². The molecule has 1 aliphatic rings. The Labute approximate surface area is 77.5 Å². The first-order valence-electron chi connectivity index (χ1n) is 4.25. The van der Waals surface area contributed by atoms with Gasteiger partial charge in [-0.3, -0.25) is 4.79 Å². The second-order valence-corrected chi connectivity index (χ2v) is 3.36. The fourth-order valence-corrected chi connectivity index (χ4v) is 1.47. The summed E-state index contributed by atoms with van der Waals surface area (Å²) in [6.07, 6.45) is 4.28. The predicted molar refractivity (Wildman–Crippen MR) is 47.9 cm³/mol. The van der Waals surface area contributed by atoms with Gasteiger partial charge in [0.15, 0.2) is 0 Å². The minimum atomic E-state index is -0.0853. The molecule has 0 bridgehead atoms. The van der Waals surface area contributed by atoms with Gasteiger partial charge in [0.25, 0.3) is 0 Å². The molecule has 1 atom stereocenters. The van der Waals surface area contributed by atoms with Crippen LogP contribution in [0.1, 0.15) is 26.2 Å². The maximum absolute atomic E-state index is 11.2. The summed E-state index contributed by atoms with van der Waals surface area (Å²) in [6.45, 7) is 2.29. The maximum atomic E-state index is 11.2. The second-order valence-electron chi connectivity index (χ2n) is 2.87. The lowest BCUT2D eigenvalue weighted by molar-refractivity contribution is -0.148. The van der Waals surface area contributed by atoms with Crippen LogP contribution in [0.15, 0.2) is 11.1 Å². The molecule has 0 spiro atoms. The number of carbonyl (C=O) groups is 1. The zero-order chi connectivity index (χ0) is 8.97. The second kappa shape index (κ2) is 4.51. The maximum Gasteiger partial charge on any atom is 0.309 e. The first-order valence-corrected chi connectivity index (χ1v) is 4.63. The van der Waals surface area contributed by atoms with Gasteiger partial charge in [0.2, 0.25) is 0 Å². The molecular formula is C9H13ClO2. The monoisotopic (exact) mass is 188 g/mol. The molecule has 0 saturated heterocycles. The van der Waals surface area contributed by atoms with Gasteiger partial charge in [0.05, 0.1) is 12.5 Å². The molecule has 0 amide bonds. The van der Waals surface area contributed by atoms with E-state index in [1.807, 2.05) is 13.0 Å². The van der Waals surface area contributed by atoms with Crippen molar-refractivity contribution in [3.63, 3.8) is 0 Å². The zero-order valence-corrected chi connectivity index (χ0v) is 7.93. The van der Waals surface area contributed by atoms with Crippen molar-refractivity contribution in [2.24, 2.45) is 5.92 Å². The number of hydrogen-bond acceptors (Lipinski definition) is 2. The van der Waals surface area contributed by atoms with Crippen LogP contribution in [0.4, 0.5) is 0 Å². The van der Waals surface area contributed by atoms with Crippen LogP contribution in [0.2, 0.25) is 0 Å².